The Morgan fingerprint density at radius 2 is 1.88 bits per heavy atom. The Morgan fingerprint density at radius 3 is 2.69 bits per heavy atom. The van der Waals surface area contributed by atoms with Crippen molar-refractivity contribution in [1.82, 2.24) is 14.4 Å². The normalized spacial score (nSPS) is 15.3. The van der Waals surface area contributed by atoms with Crippen LogP contribution in [-0.4, -0.2) is 66.7 Å². The minimum Gasteiger partial charge on any atom is -0.465 e. The Balaban J connectivity index is 1.30. The maximum atomic E-state index is 12.5. The van der Waals surface area contributed by atoms with Gasteiger partial charge in [-0.05, 0) is 42.8 Å². The zero-order valence-electron chi connectivity index (χ0n) is 18.3. The van der Waals surface area contributed by atoms with E-state index < -0.39 is 0 Å². The van der Waals surface area contributed by atoms with Gasteiger partial charge < -0.3 is 14.5 Å². The summed E-state index contributed by atoms with van der Waals surface area (Å²) in [6, 6.07) is 13.2. The van der Waals surface area contributed by atoms with Gasteiger partial charge in [0.2, 0.25) is 0 Å². The van der Waals surface area contributed by atoms with E-state index in [-0.39, 0.29) is 17.3 Å². The first-order chi connectivity index (χ1) is 15.5. The van der Waals surface area contributed by atoms with Gasteiger partial charge in [-0.25, -0.2) is 0 Å². The molecule has 0 spiro atoms. The molecule has 1 saturated heterocycles. The summed E-state index contributed by atoms with van der Waals surface area (Å²) < 4.78 is 8.09. The van der Waals surface area contributed by atoms with Crippen LogP contribution < -0.4 is 4.87 Å². The average Bonchev–Trinajstić information content (AvgIpc) is 3.07. The van der Waals surface area contributed by atoms with Gasteiger partial charge in [0.15, 0.2) is 0 Å². The zero-order chi connectivity index (χ0) is 22.5. The van der Waals surface area contributed by atoms with Gasteiger partial charge in [0.1, 0.15) is 0 Å². The van der Waals surface area contributed by atoms with Crippen LogP contribution in [0, 0.1) is 0 Å². The van der Waals surface area contributed by atoms with E-state index in [1.54, 1.807) is 10.6 Å². The Labute approximate surface area is 197 Å². The van der Waals surface area contributed by atoms with Crippen LogP contribution >= 0.6 is 22.9 Å². The minimum absolute atomic E-state index is 0.0209. The van der Waals surface area contributed by atoms with Crippen molar-refractivity contribution in [3.05, 3.63) is 68.3 Å². The molecular formula is C24H28ClN3O3S. The Bertz CT molecular complexity index is 1130. The molecule has 0 amide bonds. The van der Waals surface area contributed by atoms with E-state index >= 15 is 0 Å². The lowest BCUT2D eigenvalue weighted by molar-refractivity contribution is -0.143. The molecule has 170 valence electrons. The van der Waals surface area contributed by atoms with Crippen molar-refractivity contribution in [1.29, 1.82) is 0 Å². The molecule has 0 saturated carbocycles. The number of benzene rings is 2. The third-order valence-electron chi connectivity index (χ3n) is 5.79. The number of carbonyl (C=O) groups excluding carboxylic acids is 1. The molecule has 0 aliphatic carbocycles. The van der Waals surface area contributed by atoms with Crippen molar-refractivity contribution in [3.63, 3.8) is 0 Å². The largest absolute Gasteiger partial charge is 0.465 e. The van der Waals surface area contributed by atoms with E-state index in [1.165, 1.54) is 11.3 Å². The second kappa shape index (κ2) is 10.6. The van der Waals surface area contributed by atoms with Gasteiger partial charge in [0.25, 0.3) is 0 Å². The summed E-state index contributed by atoms with van der Waals surface area (Å²) in [6.07, 6.45) is 1.08. The van der Waals surface area contributed by atoms with Crippen molar-refractivity contribution in [3.8, 4) is 0 Å². The SMILES string of the molecule is CN1CCN(CCCOC(=O)Cc2cccc(Cn3c(=O)sc4ccc(Cl)cc43)c2)CC1. The summed E-state index contributed by atoms with van der Waals surface area (Å²) in [6.45, 7) is 6.18. The van der Waals surface area contributed by atoms with Crippen LogP contribution in [-0.2, 0) is 22.5 Å². The Morgan fingerprint density at radius 1 is 1.09 bits per heavy atom. The number of esters is 1. The lowest BCUT2D eigenvalue weighted by Gasteiger charge is -2.32. The highest BCUT2D eigenvalue weighted by molar-refractivity contribution is 7.16. The number of rotatable bonds is 8. The maximum absolute atomic E-state index is 12.5. The second-order valence-corrected chi connectivity index (χ2v) is 9.71. The van der Waals surface area contributed by atoms with Gasteiger partial charge in [0.05, 0.1) is 29.8 Å². The van der Waals surface area contributed by atoms with Crippen molar-refractivity contribution in [2.45, 2.75) is 19.4 Å². The van der Waals surface area contributed by atoms with Crippen LogP contribution in [0.4, 0.5) is 0 Å². The highest BCUT2D eigenvalue weighted by atomic mass is 35.5. The molecule has 0 N–H and O–H groups in total. The van der Waals surface area contributed by atoms with E-state index in [0.717, 1.165) is 60.5 Å². The minimum atomic E-state index is -0.217. The topological polar surface area (TPSA) is 54.8 Å². The number of nitrogens with zero attached hydrogens (tertiary/aromatic N) is 3. The molecule has 0 atom stereocenters. The quantitative estimate of drug-likeness (QED) is 0.370. The number of ether oxygens (including phenoxy) is 1. The predicted octanol–water partition coefficient (Wildman–Crippen LogP) is 3.49. The van der Waals surface area contributed by atoms with Gasteiger partial charge in [0, 0.05) is 37.7 Å². The second-order valence-electron chi connectivity index (χ2n) is 8.28. The molecule has 1 fully saturated rings. The predicted molar refractivity (Wildman–Crippen MR) is 130 cm³/mol. The summed E-state index contributed by atoms with van der Waals surface area (Å²) in [5.74, 6) is -0.217. The van der Waals surface area contributed by atoms with E-state index in [4.69, 9.17) is 16.3 Å². The summed E-state index contributed by atoms with van der Waals surface area (Å²) in [5.41, 5.74) is 2.68. The number of aromatic nitrogens is 1. The van der Waals surface area contributed by atoms with Crippen LogP contribution in [0.2, 0.25) is 5.02 Å². The summed E-state index contributed by atoms with van der Waals surface area (Å²) in [7, 11) is 2.14. The third-order valence-corrected chi connectivity index (χ3v) is 6.98. The number of hydrogen-bond donors (Lipinski definition) is 0. The van der Waals surface area contributed by atoms with Gasteiger partial charge >= 0.3 is 10.8 Å². The molecule has 0 unspecified atom stereocenters. The fourth-order valence-electron chi connectivity index (χ4n) is 3.97. The Hall–Kier alpha value is -2.19. The van der Waals surface area contributed by atoms with Crippen LogP contribution in [0.5, 0.6) is 0 Å². The first-order valence-electron chi connectivity index (χ1n) is 10.9. The first-order valence-corrected chi connectivity index (χ1v) is 12.1. The molecule has 0 bridgehead atoms. The lowest BCUT2D eigenvalue weighted by Crippen LogP contribution is -2.44. The van der Waals surface area contributed by atoms with Gasteiger partial charge in [-0.1, -0.05) is 47.2 Å². The lowest BCUT2D eigenvalue weighted by atomic mass is 10.1. The highest BCUT2D eigenvalue weighted by Crippen LogP contribution is 2.22. The fourth-order valence-corrected chi connectivity index (χ4v) is 5.01. The number of hydrogen-bond acceptors (Lipinski definition) is 6. The number of likely N-dealkylation sites (N-methyl/N-ethyl adjacent to an activating group) is 1. The number of thiazole rings is 1. The van der Waals surface area contributed by atoms with Crippen molar-refractivity contribution < 1.29 is 9.53 Å². The molecule has 2 heterocycles. The van der Waals surface area contributed by atoms with Crippen LogP contribution in [0.3, 0.4) is 0 Å². The standard InChI is InChI=1S/C24H28ClN3O3S/c1-26-9-11-27(12-10-26)8-3-13-31-23(29)15-18-4-2-5-19(14-18)17-28-21-16-20(25)6-7-22(21)32-24(28)30/h2,4-7,14,16H,3,8-13,15,17H2,1H3. The fraction of sp³-hybridized carbons (Fsp3) is 0.417. The number of piperazine rings is 1. The average molecular weight is 474 g/mol. The molecule has 1 aliphatic rings. The smallest absolute Gasteiger partial charge is 0.310 e. The summed E-state index contributed by atoms with van der Waals surface area (Å²) in [4.78, 5) is 29.5. The van der Waals surface area contributed by atoms with Crippen LogP contribution in [0.1, 0.15) is 17.5 Å². The molecule has 3 aromatic rings. The number of carbonyl (C=O) groups is 1. The molecule has 6 nitrogen and oxygen atoms in total. The summed E-state index contributed by atoms with van der Waals surface area (Å²) in [5, 5.41) is 0.605. The molecule has 1 aliphatic heterocycles. The zero-order valence-corrected chi connectivity index (χ0v) is 19.8. The van der Waals surface area contributed by atoms with Crippen LogP contribution in [0.15, 0.2) is 47.3 Å². The summed E-state index contributed by atoms with van der Waals surface area (Å²) >= 11 is 7.33. The highest BCUT2D eigenvalue weighted by Gasteiger charge is 2.14. The Kier molecular flexibility index (Phi) is 7.63. The monoisotopic (exact) mass is 473 g/mol. The molecule has 1 aromatic heterocycles. The van der Waals surface area contributed by atoms with Crippen molar-refractivity contribution >= 4 is 39.1 Å². The van der Waals surface area contributed by atoms with Crippen LogP contribution in [0.25, 0.3) is 10.2 Å². The van der Waals surface area contributed by atoms with E-state index in [2.05, 4.69) is 16.8 Å². The molecule has 4 rings (SSSR count). The van der Waals surface area contributed by atoms with Gasteiger partial charge in [-0.3, -0.25) is 14.2 Å². The van der Waals surface area contributed by atoms with Crippen molar-refractivity contribution in [2.24, 2.45) is 0 Å². The number of halogens is 1. The van der Waals surface area contributed by atoms with E-state index in [9.17, 15) is 9.59 Å². The third kappa shape index (κ3) is 5.98. The molecular weight excluding hydrogens is 446 g/mol. The molecule has 32 heavy (non-hydrogen) atoms. The molecule has 2 aromatic carbocycles. The first kappa shape index (κ1) is 23.0. The van der Waals surface area contributed by atoms with E-state index in [1.807, 2.05) is 36.4 Å². The van der Waals surface area contributed by atoms with Gasteiger partial charge in [-0.15, -0.1) is 0 Å². The van der Waals surface area contributed by atoms with Gasteiger partial charge in [-0.2, -0.15) is 0 Å². The van der Waals surface area contributed by atoms with E-state index in [0.29, 0.717) is 18.2 Å². The molecule has 8 heteroatoms. The maximum Gasteiger partial charge on any atom is 0.310 e. The number of fused-ring (bicyclic) bond motifs is 1. The molecule has 0 radical (unpaired) electrons. The van der Waals surface area contributed by atoms with Crippen molar-refractivity contribution in [2.75, 3.05) is 46.4 Å².